The molecule has 1 rings (SSSR count). The van der Waals surface area contributed by atoms with E-state index in [2.05, 4.69) is 4.90 Å². The summed E-state index contributed by atoms with van der Waals surface area (Å²) in [4.78, 5) is 3.49. The topological polar surface area (TPSA) is 32.5 Å². The second kappa shape index (κ2) is 5.84. The molecule has 0 atom stereocenters. The van der Waals surface area contributed by atoms with Crippen LogP contribution in [0.5, 0.6) is 0 Å². The molecule has 3 nitrogen and oxygen atoms in total. The van der Waals surface area contributed by atoms with Crippen molar-refractivity contribution in [1.82, 2.24) is 9.80 Å². The van der Waals surface area contributed by atoms with E-state index in [1.807, 2.05) is 0 Å². The third-order valence-corrected chi connectivity index (χ3v) is 2.88. The highest BCUT2D eigenvalue weighted by Crippen LogP contribution is 2.15. The highest BCUT2D eigenvalue weighted by atomic mass is 19.4. The summed E-state index contributed by atoms with van der Waals surface area (Å²) in [6.45, 7) is 2.12. The number of hydrogen-bond donors (Lipinski definition) is 1. The van der Waals surface area contributed by atoms with Crippen LogP contribution < -0.4 is 5.73 Å². The molecule has 1 heterocycles. The molecule has 1 aliphatic heterocycles. The Morgan fingerprint density at radius 3 is 2.38 bits per heavy atom. The van der Waals surface area contributed by atoms with E-state index in [1.54, 1.807) is 0 Å². The van der Waals surface area contributed by atoms with Crippen LogP contribution in [-0.2, 0) is 0 Å². The van der Waals surface area contributed by atoms with E-state index in [1.165, 1.54) is 11.9 Å². The van der Waals surface area contributed by atoms with E-state index in [9.17, 15) is 13.2 Å². The summed E-state index contributed by atoms with van der Waals surface area (Å²) < 4.78 is 36.2. The second-order valence-electron chi connectivity index (χ2n) is 4.53. The number of hydrogen-bond acceptors (Lipinski definition) is 3. The summed E-state index contributed by atoms with van der Waals surface area (Å²) in [5, 5.41) is 0. The molecule has 96 valence electrons. The molecule has 16 heavy (non-hydrogen) atoms. The van der Waals surface area contributed by atoms with Gasteiger partial charge < -0.3 is 10.6 Å². The van der Waals surface area contributed by atoms with Crippen LogP contribution in [-0.4, -0.2) is 61.8 Å². The van der Waals surface area contributed by atoms with E-state index in [4.69, 9.17) is 5.73 Å². The number of piperidine rings is 1. The number of rotatable bonds is 4. The molecule has 0 saturated carbocycles. The lowest BCUT2D eigenvalue weighted by Crippen LogP contribution is -2.43. The van der Waals surface area contributed by atoms with Gasteiger partial charge in [0, 0.05) is 19.1 Å². The van der Waals surface area contributed by atoms with Gasteiger partial charge in [-0.15, -0.1) is 0 Å². The summed E-state index contributed by atoms with van der Waals surface area (Å²) in [5.74, 6) is 0. The van der Waals surface area contributed by atoms with Crippen molar-refractivity contribution >= 4 is 0 Å². The predicted octanol–water partition coefficient (Wildman–Crippen LogP) is 0.904. The molecule has 1 aliphatic rings. The van der Waals surface area contributed by atoms with Crippen LogP contribution in [0.2, 0.25) is 0 Å². The first-order chi connectivity index (χ1) is 7.37. The number of halogens is 3. The van der Waals surface area contributed by atoms with Crippen molar-refractivity contribution in [3.8, 4) is 0 Å². The molecule has 1 fully saturated rings. The largest absolute Gasteiger partial charge is 0.401 e. The van der Waals surface area contributed by atoms with Crippen LogP contribution in [0.3, 0.4) is 0 Å². The first kappa shape index (κ1) is 13.7. The highest BCUT2D eigenvalue weighted by molar-refractivity contribution is 4.74. The molecule has 1 saturated heterocycles. The molecular weight excluding hydrogens is 219 g/mol. The van der Waals surface area contributed by atoms with Crippen molar-refractivity contribution in [1.29, 1.82) is 0 Å². The first-order valence-electron chi connectivity index (χ1n) is 5.60. The monoisotopic (exact) mass is 239 g/mol. The fourth-order valence-electron chi connectivity index (χ4n) is 1.87. The van der Waals surface area contributed by atoms with Crippen LogP contribution in [0.4, 0.5) is 13.2 Å². The summed E-state index contributed by atoms with van der Waals surface area (Å²) in [6.07, 6.45) is -2.20. The molecule has 2 N–H and O–H groups in total. The zero-order chi connectivity index (χ0) is 12.2. The fraction of sp³-hybridized carbons (Fsp3) is 1.00. The summed E-state index contributed by atoms with van der Waals surface area (Å²) in [6, 6.07) is 0.268. The summed E-state index contributed by atoms with van der Waals surface area (Å²) in [5.41, 5.74) is 5.75. The minimum atomic E-state index is -4.10. The minimum absolute atomic E-state index is 0.268. The minimum Gasteiger partial charge on any atom is -0.328 e. The second-order valence-corrected chi connectivity index (χ2v) is 4.53. The molecule has 0 aromatic heterocycles. The Kier molecular flexibility index (Phi) is 5.01. The van der Waals surface area contributed by atoms with Crippen molar-refractivity contribution in [2.75, 3.05) is 39.8 Å². The van der Waals surface area contributed by atoms with Gasteiger partial charge in [-0.25, -0.2) is 0 Å². The standard InChI is InChI=1S/C10H20F3N3/c1-15(8-10(11,12)13)6-7-16-4-2-9(14)3-5-16/h9H,2-8,14H2,1H3. The Labute approximate surface area is 94.4 Å². The molecule has 0 aromatic rings. The van der Waals surface area contributed by atoms with Crippen LogP contribution >= 0.6 is 0 Å². The molecule has 0 radical (unpaired) electrons. The number of nitrogens with zero attached hydrogens (tertiary/aromatic N) is 2. The fourth-order valence-corrected chi connectivity index (χ4v) is 1.87. The van der Waals surface area contributed by atoms with Gasteiger partial charge in [0.15, 0.2) is 0 Å². The van der Waals surface area contributed by atoms with Crippen molar-refractivity contribution in [2.24, 2.45) is 5.73 Å². The predicted molar refractivity (Wildman–Crippen MR) is 57.2 cm³/mol. The third-order valence-electron chi connectivity index (χ3n) is 2.88. The Bertz CT molecular complexity index is 200. The van der Waals surface area contributed by atoms with Gasteiger partial charge in [0.05, 0.1) is 6.54 Å². The Morgan fingerprint density at radius 2 is 1.88 bits per heavy atom. The van der Waals surface area contributed by atoms with Gasteiger partial charge in [-0.3, -0.25) is 4.90 Å². The molecular formula is C10H20F3N3. The SMILES string of the molecule is CN(CCN1CCC(N)CC1)CC(F)(F)F. The first-order valence-corrected chi connectivity index (χ1v) is 5.60. The summed E-state index contributed by atoms with van der Waals surface area (Å²) >= 11 is 0. The lowest BCUT2D eigenvalue weighted by Gasteiger charge is -2.31. The maximum absolute atomic E-state index is 12.1. The number of likely N-dealkylation sites (N-methyl/N-ethyl adjacent to an activating group) is 1. The molecule has 0 spiro atoms. The van der Waals surface area contributed by atoms with Crippen LogP contribution in [0.25, 0.3) is 0 Å². The van der Waals surface area contributed by atoms with E-state index in [-0.39, 0.29) is 6.04 Å². The zero-order valence-electron chi connectivity index (χ0n) is 9.63. The Hall–Kier alpha value is -0.330. The van der Waals surface area contributed by atoms with Gasteiger partial charge in [-0.2, -0.15) is 13.2 Å². The number of likely N-dealkylation sites (tertiary alicyclic amines) is 1. The summed E-state index contributed by atoms with van der Waals surface area (Å²) in [7, 11) is 1.50. The van der Waals surface area contributed by atoms with Gasteiger partial charge in [0.25, 0.3) is 0 Å². The molecule has 6 heteroatoms. The molecule has 0 unspecified atom stereocenters. The lowest BCUT2D eigenvalue weighted by molar-refractivity contribution is -0.143. The van der Waals surface area contributed by atoms with Crippen molar-refractivity contribution in [3.63, 3.8) is 0 Å². The average molecular weight is 239 g/mol. The highest BCUT2D eigenvalue weighted by Gasteiger charge is 2.29. The van der Waals surface area contributed by atoms with Gasteiger partial charge in [-0.1, -0.05) is 0 Å². The van der Waals surface area contributed by atoms with E-state index in [0.717, 1.165) is 25.9 Å². The smallest absolute Gasteiger partial charge is 0.328 e. The maximum Gasteiger partial charge on any atom is 0.401 e. The van der Waals surface area contributed by atoms with Crippen LogP contribution in [0.1, 0.15) is 12.8 Å². The van der Waals surface area contributed by atoms with Crippen molar-refractivity contribution < 1.29 is 13.2 Å². The quantitative estimate of drug-likeness (QED) is 0.791. The Balaban J connectivity index is 2.14. The Morgan fingerprint density at radius 1 is 1.31 bits per heavy atom. The average Bonchev–Trinajstić information content (AvgIpc) is 2.14. The van der Waals surface area contributed by atoms with E-state index in [0.29, 0.717) is 13.1 Å². The molecule has 0 amide bonds. The number of alkyl halides is 3. The van der Waals surface area contributed by atoms with Crippen LogP contribution in [0, 0.1) is 0 Å². The van der Waals surface area contributed by atoms with E-state index < -0.39 is 12.7 Å². The van der Waals surface area contributed by atoms with Crippen molar-refractivity contribution in [2.45, 2.75) is 25.1 Å². The number of nitrogens with two attached hydrogens (primary N) is 1. The maximum atomic E-state index is 12.1. The normalized spacial score (nSPS) is 20.6. The molecule has 0 aliphatic carbocycles. The van der Waals surface area contributed by atoms with Crippen LogP contribution in [0.15, 0.2) is 0 Å². The third kappa shape index (κ3) is 5.67. The molecule has 0 aromatic carbocycles. The van der Waals surface area contributed by atoms with Gasteiger partial charge in [0.1, 0.15) is 0 Å². The molecule has 0 bridgehead atoms. The zero-order valence-corrected chi connectivity index (χ0v) is 9.63. The van der Waals surface area contributed by atoms with E-state index >= 15 is 0 Å². The lowest BCUT2D eigenvalue weighted by atomic mass is 10.1. The van der Waals surface area contributed by atoms with Gasteiger partial charge in [0.2, 0.25) is 0 Å². The van der Waals surface area contributed by atoms with Crippen molar-refractivity contribution in [3.05, 3.63) is 0 Å². The van der Waals surface area contributed by atoms with Gasteiger partial charge in [-0.05, 0) is 33.0 Å². The van der Waals surface area contributed by atoms with Gasteiger partial charge >= 0.3 is 6.18 Å².